The molecule has 7 atom stereocenters. The van der Waals surface area contributed by atoms with Gasteiger partial charge in [-0.2, -0.15) is 0 Å². The van der Waals surface area contributed by atoms with Crippen LogP contribution in [-0.4, -0.2) is 87.3 Å². The van der Waals surface area contributed by atoms with Crippen LogP contribution in [0, 0.1) is 0 Å². The van der Waals surface area contributed by atoms with Gasteiger partial charge in [-0.3, -0.25) is 9.09 Å². The predicted octanol–water partition coefficient (Wildman–Crippen LogP) is 0.311. The van der Waals surface area contributed by atoms with Gasteiger partial charge in [-0.1, -0.05) is 0 Å². The van der Waals surface area contributed by atoms with Crippen molar-refractivity contribution in [2.45, 2.75) is 74.9 Å². The maximum Gasteiger partial charge on any atom is 0.328 e. The van der Waals surface area contributed by atoms with Crippen LogP contribution in [0.2, 0.25) is 0 Å². The van der Waals surface area contributed by atoms with E-state index in [-0.39, 0.29) is 19.6 Å². The minimum Gasteiger partial charge on any atom is -0.394 e. The molecule has 0 aromatic carbocycles. The molecule has 2 N–H and O–H groups in total. The van der Waals surface area contributed by atoms with Crippen molar-refractivity contribution in [3.63, 3.8) is 0 Å². The maximum absolute atomic E-state index is 12.9. The van der Waals surface area contributed by atoms with Gasteiger partial charge in [0.05, 0.1) is 26.0 Å². The lowest BCUT2D eigenvalue weighted by Gasteiger charge is -2.32. The molecule has 2 rings (SSSR count). The Balaban J connectivity index is 2.02. The van der Waals surface area contributed by atoms with Crippen molar-refractivity contribution in [1.29, 1.82) is 0 Å². The fourth-order valence-corrected chi connectivity index (χ4v) is 5.26. The normalized spacial score (nSPS) is 48.4. The number of hydrogen-bond acceptors (Lipinski definition) is 7. The summed E-state index contributed by atoms with van der Waals surface area (Å²) in [7, 11) is 9.40. The molecular formula is C15H27B3O7P. The number of hydrogen-bond donors (Lipinski definition) is 2. The zero-order valence-electron chi connectivity index (χ0n) is 16.1. The number of aliphatic hydroxyl groups excluding tert-OH is 1. The van der Waals surface area contributed by atoms with Gasteiger partial charge >= 0.3 is 7.60 Å². The van der Waals surface area contributed by atoms with Gasteiger partial charge in [0, 0.05) is 25.4 Å². The Labute approximate surface area is 159 Å². The first kappa shape index (κ1) is 22.5. The van der Waals surface area contributed by atoms with Gasteiger partial charge in [0.2, 0.25) is 0 Å². The molecule has 2 saturated heterocycles. The monoisotopic (exact) mass is 383 g/mol. The molecule has 0 aliphatic carbocycles. The summed E-state index contributed by atoms with van der Waals surface area (Å²) in [6.07, 6.45) is -0.909. The smallest absolute Gasteiger partial charge is 0.328 e. The average molecular weight is 383 g/mol. The lowest BCUT2D eigenvalue weighted by Crippen LogP contribution is -2.40. The fourth-order valence-electron chi connectivity index (χ4n) is 3.86. The van der Waals surface area contributed by atoms with E-state index in [1.807, 2.05) is 0 Å². The van der Waals surface area contributed by atoms with Gasteiger partial charge in [-0.25, -0.2) is 0 Å². The molecular weight excluding hydrogens is 356 g/mol. The third-order valence-electron chi connectivity index (χ3n) is 4.96. The van der Waals surface area contributed by atoms with E-state index in [1.54, 1.807) is 27.7 Å². The van der Waals surface area contributed by atoms with Crippen LogP contribution < -0.4 is 0 Å². The second-order valence-corrected chi connectivity index (χ2v) is 10.4. The average Bonchev–Trinajstić information content (AvgIpc) is 2.84. The number of rotatable bonds is 7. The lowest BCUT2D eigenvalue weighted by atomic mass is 9.44. The topological polar surface area (TPSA) is 94.5 Å². The van der Waals surface area contributed by atoms with Gasteiger partial charge in [0.15, 0.2) is 0 Å². The van der Waals surface area contributed by atoms with Crippen molar-refractivity contribution in [2.75, 3.05) is 19.9 Å². The Morgan fingerprint density at radius 3 is 2.35 bits per heavy atom. The van der Waals surface area contributed by atoms with Crippen molar-refractivity contribution < 1.29 is 33.3 Å². The van der Waals surface area contributed by atoms with Crippen LogP contribution in [0.5, 0.6) is 0 Å². The van der Waals surface area contributed by atoms with E-state index in [2.05, 4.69) is 0 Å². The first-order chi connectivity index (χ1) is 11.7. The lowest BCUT2D eigenvalue weighted by molar-refractivity contribution is -0.0762. The van der Waals surface area contributed by atoms with Crippen molar-refractivity contribution in [3.05, 3.63) is 0 Å². The highest BCUT2D eigenvalue weighted by Gasteiger charge is 2.53. The summed E-state index contributed by atoms with van der Waals surface area (Å²) in [6, 6.07) is 0. The summed E-state index contributed by atoms with van der Waals surface area (Å²) < 4.78 is 35.4. The molecule has 0 aromatic heterocycles. The SMILES string of the molecule is [B][B]C1(C)CC(C)(O)C(COP(C)(=O)OC2(C)CC([B])(C)OC2CO)O1. The minimum absolute atomic E-state index is 0.134. The van der Waals surface area contributed by atoms with E-state index >= 15 is 0 Å². The second kappa shape index (κ2) is 7.22. The van der Waals surface area contributed by atoms with E-state index in [9.17, 15) is 14.8 Å². The highest BCUT2D eigenvalue weighted by atomic mass is 31.2. The van der Waals surface area contributed by atoms with Crippen molar-refractivity contribution >= 4 is 30.3 Å². The van der Waals surface area contributed by atoms with Crippen LogP contribution in [0.3, 0.4) is 0 Å². The molecule has 7 unspecified atom stereocenters. The minimum atomic E-state index is -3.55. The Morgan fingerprint density at radius 2 is 1.85 bits per heavy atom. The van der Waals surface area contributed by atoms with Crippen molar-refractivity contribution in [3.8, 4) is 0 Å². The fraction of sp³-hybridized carbons (Fsp3) is 1.00. The van der Waals surface area contributed by atoms with Crippen LogP contribution in [0.4, 0.5) is 0 Å². The van der Waals surface area contributed by atoms with Crippen molar-refractivity contribution in [2.24, 2.45) is 0 Å². The van der Waals surface area contributed by atoms with Crippen LogP contribution >= 0.6 is 7.60 Å². The Morgan fingerprint density at radius 1 is 1.23 bits per heavy atom. The summed E-state index contributed by atoms with van der Waals surface area (Å²) in [5.41, 5.74) is -4.04. The quantitative estimate of drug-likeness (QED) is 0.483. The van der Waals surface area contributed by atoms with Gasteiger partial charge in [0.1, 0.15) is 25.7 Å². The first-order valence-electron chi connectivity index (χ1n) is 8.63. The standard InChI is InChI=1S/C15H27B3O7P/c1-12(20)8-15(4,18-17)24-11(12)7-22-26(5,21)25-13(2)9-14(3,16)23-10(13)6-19/h10-11,19-20H,6-9H2,1-5H3. The molecule has 0 spiro atoms. The summed E-state index contributed by atoms with van der Waals surface area (Å²) in [5.74, 6) is 0. The Hall–Kier alpha value is 0.185. The summed E-state index contributed by atoms with van der Waals surface area (Å²) in [5, 5.41) is 20.0. The van der Waals surface area contributed by atoms with Crippen molar-refractivity contribution in [1.82, 2.24) is 0 Å². The zero-order chi connectivity index (χ0) is 20.0. The van der Waals surface area contributed by atoms with E-state index < -0.39 is 42.0 Å². The van der Waals surface area contributed by atoms with E-state index in [0.717, 1.165) is 0 Å². The number of aliphatic hydroxyl groups is 2. The van der Waals surface area contributed by atoms with Gasteiger partial charge in [-0.05, 0) is 40.5 Å². The van der Waals surface area contributed by atoms with Gasteiger partial charge in [0.25, 0.3) is 0 Å². The molecule has 2 heterocycles. The second-order valence-electron chi connectivity index (χ2n) is 8.37. The Kier molecular flexibility index (Phi) is 6.24. The molecule has 11 heteroatoms. The zero-order valence-corrected chi connectivity index (χ0v) is 17.0. The summed E-state index contributed by atoms with van der Waals surface area (Å²) in [6.45, 7) is 7.59. The predicted molar refractivity (Wildman–Crippen MR) is 99.7 cm³/mol. The number of ether oxygens (including phenoxy) is 2. The van der Waals surface area contributed by atoms with E-state index in [4.69, 9.17) is 34.1 Å². The van der Waals surface area contributed by atoms with Gasteiger partial charge < -0.3 is 24.2 Å². The van der Waals surface area contributed by atoms with Crippen LogP contribution in [-0.2, 0) is 23.1 Å². The third kappa shape index (κ3) is 4.96. The molecule has 0 amide bonds. The molecule has 143 valence electrons. The summed E-state index contributed by atoms with van der Waals surface area (Å²) in [4.78, 5) is 0. The van der Waals surface area contributed by atoms with Crippen LogP contribution in [0.1, 0.15) is 40.5 Å². The Bertz CT molecular complexity index is 575. The summed E-state index contributed by atoms with van der Waals surface area (Å²) >= 11 is 0. The maximum atomic E-state index is 12.9. The van der Waals surface area contributed by atoms with E-state index in [0.29, 0.717) is 6.42 Å². The van der Waals surface area contributed by atoms with Crippen LogP contribution in [0.25, 0.3) is 0 Å². The highest BCUT2D eigenvalue weighted by molar-refractivity contribution is 7.53. The molecule has 2 fully saturated rings. The molecule has 2 aliphatic heterocycles. The molecule has 5 radical (unpaired) electrons. The molecule has 0 aromatic rings. The molecule has 0 bridgehead atoms. The molecule has 0 saturated carbocycles. The highest BCUT2D eigenvalue weighted by Crippen LogP contribution is 2.54. The first-order valence-corrected chi connectivity index (χ1v) is 10.6. The van der Waals surface area contributed by atoms with Crippen LogP contribution in [0.15, 0.2) is 0 Å². The molecule has 7 nitrogen and oxygen atoms in total. The molecule has 2 aliphatic rings. The molecule has 26 heavy (non-hydrogen) atoms. The largest absolute Gasteiger partial charge is 0.394 e. The van der Waals surface area contributed by atoms with E-state index in [1.165, 1.54) is 13.8 Å². The third-order valence-corrected chi connectivity index (χ3v) is 6.33. The van der Waals surface area contributed by atoms with Gasteiger partial charge in [-0.15, -0.1) is 0 Å².